The Balaban J connectivity index is 3.24. The molecule has 148 valence electrons. The second-order valence-electron chi connectivity index (χ2n) is 7.59. The summed E-state index contributed by atoms with van der Waals surface area (Å²) in [6.45, 7) is 12.2. The quantitative estimate of drug-likeness (QED) is 0.473. The third-order valence-corrected chi connectivity index (χ3v) is 4.59. The maximum atomic E-state index is 11.6. The van der Waals surface area contributed by atoms with E-state index in [4.69, 9.17) is 18.3 Å². The molecule has 0 fully saturated rings. The van der Waals surface area contributed by atoms with Crippen LogP contribution in [-0.2, 0) is 27.8 Å². The lowest BCUT2D eigenvalue weighted by atomic mass is 10.1. The molecule has 1 rings (SSSR count). The third kappa shape index (κ3) is 7.52. The first-order valence-electron chi connectivity index (χ1n) is 8.18. The average Bonchev–Trinajstić information content (AvgIpc) is 2.48. The molecule has 1 aliphatic rings. The van der Waals surface area contributed by atoms with Gasteiger partial charge in [0.1, 0.15) is 11.5 Å². The molecular formula is C16H28O8Si2. The van der Waals surface area contributed by atoms with E-state index in [0.29, 0.717) is 11.5 Å². The minimum atomic E-state index is -1.95. The molecule has 0 unspecified atom stereocenters. The van der Waals surface area contributed by atoms with E-state index < -0.39 is 28.9 Å². The van der Waals surface area contributed by atoms with Crippen LogP contribution in [0.3, 0.4) is 0 Å². The highest BCUT2D eigenvalue weighted by atomic mass is 28.4. The van der Waals surface area contributed by atoms with Gasteiger partial charge in [0, 0.05) is 0 Å². The Labute approximate surface area is 156 Å². The van der Waals surface area contributed by atoms with Crippen molar-refractivity contribution in [3.8, 4) is 0 Å². The van der Waals surface area contributed by atoms with E-state index >= 15 is 0 Å². The van der Waals surface area contributed by atoms with Gasteiger partial charge in [-0.15, -0.1) is 0 Å². The number of carbonyl (C=O) groups excluding carboxylic acids is 2. The summed E-state index contributed by atoms with van der Waals surface area (Å²) in [5.74, 6) is 1.45. The van der Waals surface area contributed by atoms with Crippen LogP contribution in [0.15, 0.2) is 23.0 Å². The molecule has 0 saturated heterocycles. The van der Waals surface area contributed by atoms with Gasteiger partial charge >= 0.3 is 12.3 Å². The largest absolute Gasteiger partial charge is 0.545 e. The Morgan fingerprint density at radius 2 is 0.962 bits per heavy atom. The zero-order valence-electron chi connectivity index (χ0n) is 16.7. The van der Waals surface area contributed by atoms with Gasteiger partial charge in [0.25, 0.3) is 0 Å². The number of hydrogen-bond acceptors (Lipinski definition) is 8. The van der Waals surface area contributed by atoms with Crippen LogP contribution in [0.1, 0.15) is 12.8 Å². The lowest BCUT2D eigenvalue weighted by Gasteiger charge is -2.31. The lowest BCUT2D eigenvalue weighted by Crippen LogP contribution is -2.31. The summed E-state index contributed by atoms with van der Waals surface area (Å²) in [7, 11) is -1.51. The molecule has 0 aromatic heterocycles. The number of methoxy groups -OCH3 is 2. The molecule has 0 aromatic carbocycles. The Morgan fingerprint density at radius 1 is 0.654 bits per heavy atom. The highest BCUT2D eigenvalue weighted by Crippen LogP contribution is 2.36. The Bertz CT molecular complexity index is 559. The number of carbonyl (C=O) groups is 2. The smallest absolute Gasteiger partial charge is 0.513 e. The summed E-state index contributed by atoms with van der Waals surface area (Å²) in [6, 6.07) is 0. The fraction of sp³-hybridized carbons (Fsp3) is 0.625. The van der Waals surface area contributed by atoms with Crippen molar-refractivity contribution in [2.75, 3.05) is 14.2 Å². The van der Waals surface area contributed by atoms with Crippen LogP contribution in [0.25, 0.3) is 0 Å². The Hall–Kier alpha value is -1.95. The van der Waals surface area contributed by atoms with Crippen molar-refractivity contribution in [3.05, 3.63) is 23.0 Å². The van der Waals surface area contributed by atoms with Gasteiger partial charge in [-0.25, -0.2) is 9.59 Å². The van der Waals surface area contributed by atoms with Gasteiger partial charge in [-0.3, -0.25) is 0 Å². The van der Waals surface area contributed by atoms with Gasteiger partial charge in [0.15, 0.2) is 11.5 Å². The van der Waals surface area contributed by atoms with Gasteiger partial charge in [-0.1, -0.05) is 0 Å². The maximum Gasteiger partial charge on any atom is 0.513 e. The zero-order valence-corrected chi connectivity index (χ0v) is 18.7. The van der Waals surface area contributed by atoms with Crippen molar-refractivity contribution >= 4 is 28.9 Å². The first kappa shape index (κ1) is 22.1. The normalized spacial score (nSPS) is 15.4. The molecular weight excluding hydrogens is 376 g/mol. The number of ether oxygens (including phenoxy) is 4. The van der Waals surface area contributed by atoms with E-state index in [1.807, 2.05) is 39.3 Å². The van der Waals surface area contributed by atoms with Crippen LogP contribution in [0.5, 0.6) is 0 Å². The van der Waals surface area contributed by atoms with Gasteiger partial charge in [-0.2, -0.15) is 0 Å². The van der Waals surface area contributed by atoms with Crippen LogP contribution in [-0.4, -0.2) is 43.2 Å². The molecule has 0 radical (unpaired) electrons. The van der Waals surface area contributed by atoms with Crippen LogP contribution >= 0.6 is 0 Å². The molecule has 0 aliphatic heterocycles. The van der Waals surface area contributed by atoms with Crippen LogP contribution in [0.4, 0.5) is 9.59 Å². The highest BCUT2D eigenvalue weighted by Gasteiger charge is 2.33. The molecule has 1 aliphatic carbocycles. The third-order valence-electron chi connectivity index (χ3n) is 2.87. The lowest BCUT2D eigenvalue weighted by molar-refractivity contribution is 0.0708. The molecule has 8 nitrogen and oxygen atoms in total. The molecule has 0 heterocycles. The Kier molecular flexibility index (Phi) is 7.33. The maximum absolute atomic E-state index is 11.6. The van der Waals surface area contributed by atoms with Crippen molar-refractivity contribution in [2.24, 2.45) is 0 Å². The Morgan fingerprint density at radius 3 is 1.19 bits per heavy atom. The molecule has 10 heteroatoms. The van der Waals surface area contributed by atoms with E-state index in [-0.39, 0.29) is 24.4 Å². The molecule has 0 N–H and O–H groups in total. The van der Waals surface area contributed by atoms with Crippen molar-refractivity contribution in [2.45, 2.75) is 52.1 Å². The molecule has 26 heavy (non-hydrogen) atoms. The van der Waals surface area contributed by atoms with Crippen LogP contribution in [0.2, 0.25) is 39.3 Å². The number of rotatable bonds is 6. The molecule has 0 amide bonds. The van der Waals surface area contributed by atoms with Crippen LogP contribution in [0, 0.1) is 0 Å². The van der Waals surface area contributed by atoms with Gasteiger partial charge < -0.3 is 27.8 Å². The topological polar surface area (TPSA) is 89.5 Å². The minimum Gasteiger partial charge on any atom is -0.545 e. The second kappa shape index (κ2) is 8.63. The van der Waals surface area contributed by atoms with Crippen molar-refractivity contribution in [3.63, 3.8) is 0 Å². The van der Waals surface area contributed by atoms with Crippen LogP contribution < -0.4 is 0 Å². The van der Waals surface area contributed by atoms with Gasteiger partial charge in [-0.05, 0) is 39.3 Å². The summed E-state index contributed by atoms with van der Waals surface area (Å²) in [6.07, 6.45) is -1.59. The molecule has 0 spiro atoms. The first-order chi connectivity index (χ1) is 11.8. The van der Waals surface area contributed by atoms with E-state index in [0.717, 1.165) is 0 Å². The molecule has 0 bridgehead atoms. The molecule has 0 aromatic rings. The fourth-order valence-electron chi connectivity index (χ4n) is 2.08. The van der Waals surface area contributed by atoms with E-state index in [2.05, 4.69) is 9.47 Å². The van der Waals surface area contributed by atoms with Crippen molar-refractivity contribution in [1.29, 1.82) is 0 Å². The van der Waals surface area contributed by atoms with Crippen molar-refractivity contribution in [1.82, 2.24) is 0 Å². The highest BCUT2D eigenvalue weighted by molar-refractivity contribution is 6.70. The van der Waals surface area contributed by atoms with Gasteiger partial charge in [0.05, 0.1) is 27.1 Å². The predicted molar refractivity (Wildman–Crippen MR) is 99.1 cm³/mol. The van der Waals surface area contributed by atoms with E-state index in [9.17, 15) is 9.59 Å². The first-order valence-corrected chi connectivity index (χ1v) is 15.0. The summed E-state index contributed by atoms with van der Waals surface area (Å²) < 4.78 is 31.7. The summed E-state index contributed by atoms with van der Waals surface area (Å²) in [5.41, 5.74) is 0. The van der Waals surface area contributed by atoms with E-state index in [1.54, 1.807) is 0 Å². The van der Waals surface area contributed by atoms with Gasteiger partial charge in [0.2, 0.25) is 16.6 Å². The fourth-order valence-corrected chi connectivity index (χ4v) is 3.93. The monoisotopic (exact) mass is 404 g/mol. The van der Waals surface area contributed by atoms with Crippen molar-refractivity contribution < 1.29 is 37.4 Å². The average molecular weight is 405 g/mol. The van der Waals surface area contributed by atoms with E-state index in [1.165, 1.54) is 14.2 Å². The number of hydrogen-bond donors (Lipinski definition) is 0. The predicted octanol–water partition coefficient (Wildman–Crippen LogP) is 4.47. The SMILES string of the molecule is COC(=O)OC1=C(OC(=O)OC)CC(O[Si](C)(C)C)=C(O[Si](C)(C)C)C1. The summed E-state index contributed by atoms with van der Waals surface area (Å²) in [4.78, 5) is 23.1. The standard InChI is InChI=1S/C16H28O8Si2/c1-19-15(17)21-11-9-13(23-25(3,4)5)14(24-26(6,7)8)10-12(11)22-16(18)20-2/h9-10H2,1-8H3. The summed E-state index contributed by atoms with van der Waals surface area (Å²) >= 11 is 0. The molecule has 0 atom stereocenters. The zero-order chi connectivity index (χ0) is 20.1. The summed E-state index contributed by atoms with van der Waals surface area (Å²) in [5, 5.41) is 0. The molecule has 0 saturated carbocycles. The minimum absolute atomic E-state index is 0.117. The second-order valence-corrected chi connectivity index (χ2v) is 16.4.